The van der Waals surface area contributed by atoms with E-state index < -0.39 is 0 Å². The molecule has 1 rings (SSSR count). The second kappa shape index (κ2) is 5.48. The topological polar surface area (TPSA) is 40.6 Å². The van der Waals surface area contributed by atoms with Gasteiger partial charge in [-0.05, 0) is 19.1 Å². The number of carbonyl (C=O) groups excluding carboxylic acids is 2. The molecule has 1 aromatic carbocycles. The molecule has 0 aliphatic rings. The van der Waals surface area contributed by atoms with E-state index in [0.717, 1.165) is 5.56 Å². The number of carbonyl (C=O) groups is 2. The van der Waals surface area contributed by atoms with E-state index in [2.05, 4.69) is 0 Å². The smallest absolute Gasteiger partial charge is 0.254 e. The van der Waals surface area contributed by atoms with E-state index >= 15 is 0 Å². The fraction of sp³-hybridized carbons (Fsp3) is 0.385. The summed E-state index contributed by atoms with van der Waals surface area (Å²) in [6.07, 6.45) is 0. The van der Waals surface area contributed by atoms with Gasteiger partial charge in [0.2, 0.25) is 5.91 Å². The summed E-state index contributed by atoms with van der Waals surface area (Å²) >= 11 is 0. The Kier molecular flexibility index (Phi) is 4.26. The fourth-order valence-electron chi connectivity index (χ4n) is 1.33. The number of likely N-dealkylation sites (N-methyl/N-ethyl adjacent to an activating group) is 2. The number of benzene rings is 1. The van der Waals surface area contributed by atoms with E-state index in [-0.39, 0.29) is 18.4 Å². The van der Waals surface area contributed by atoms with Gasteiger partial charge in [-0.15, -0.1) is 0 Å². The van der Waals surface area contributed by atoms with E-state index in [1.54, 1.807) is 33.3 Å². The van der Waals surface area contributed by atoms with Gasteiger partial charge in [0.25, 0.3) is 5.91 Å². The van der Waals surface area contributed by atoms with Crippen molar-refractivity contribution in [2.75, 3.05) is 27.7 Å². The first-order valence-electron chi connectivity index (χ1n) is 5.44. The highest BCUT2D eigenvalue weighted by atomic mass is 16.2. The molecule has 1 aromatic rings. The second-order valence-electron chi connectivity index (χ2n) is 4.32. The van der Waals surface area contributed by atoms with Gasteiger partial charge in [-0.25, -0.2) is 0 Å². The van der Waals surface area contributed by atoms with Crippen LogP contribution in [0.5, 0.6) is 0 Å². The molecule has 0 N–H and O–H groups in total. The molecule has 0 saturated heterocycles. The van der Waals surface area contributed by atoms with Crippen molar-refractivity contribution in [3.63, 3.8) is 0 Å². The summed E-state index contributed by atoms with van der Waals surface area (Å²) in [5.74, 6) is -0.229. The normalized spacial score (nSPS) is 9.88. The summed E-state index contributed by atoms with van der Waals surface area (Å²) in [7, 11) is 4.97. The maximum absolute atomic E-state index is 12.0. The number of hydrogen-bond acceptors (Lipinski definition) is 2. The number of rotatable bonds is 3. The summed E-state index contributed by atoms with van der Waals surface area (Å²) in [5, 5.41) is 0. The zero-order chi connectivity index (χ0) is 13.0. The van der Waals surface area contributed by atoms with Crippen molar-refractivity contribution in [3.8, 4) is 0 Å². The van der Waals surface area contributed by atoms with Crippen LogP contribution in [0.4, 0.5) is 0 Å². The summed E-state index contributed by atoms with van der Waals surface area (Å²) in [6, 6.07) is 7.31. The van der Waals surface area contributed by atoms with E-state index in [1.807, 2.05) is 19.1 Å². The van der Waals surface area contributed by atoms with E-state index in [0.29, 0.717) is 5.56 Å². The molecule has 0 unspecified atom stereocenters. The molecule has 0 fully saturated rings. The number of hydrogen-bond donors (Lipinski definition) is 0. The van der Waals surface area contributed by atoms with Crippen LogP contribution in [0.2, 0.25) is 0 Å². The Hall–Kier alpha value is -1.84. The van der Waals surface area contributed by atoms with Crippen molar-refractivity contribution >= 4 is 11.8 Å². The monoisotopic (exact) mass is 234 g/mol. The Balaban J connectivity index is 2.70. The summed E-state index contributed by atoms with van der Waals surface area (Å²) in [6.45, 7) is 2.06. The Morgan fingerprint density at radius 2 is 1.59 bits per heavy atom. The lowest BCUT2D eigenvalue weighted by Gasteiger charge is -2.19. The van der Waals surface area contributed by atoms with Crippen molar-refractivity contribution in [2.24, 2.45) is 0 Å². The average Bonchev–Trinajstić information content (AvgIpc) is 2.28. The maximum atomic E-state index is 12.0. The third-order valence-electron chi connectivity index (χ3n) is 2.52. The van der Waals surface area contributed by atoms with Crippen LogP contribution in [0.15, 0.2) is 24.3 Å². The van der Waals surface area contributed by atoms with E-state index in [1.165, 1.54) is 9.80 Å². The number of nitrogens with zero attached hydrogens (tertiary/aromatic N) is 2. The van der Waals surface area contributed by atoms with Crippen LogP contribution in [0.1, 0.15) is 15.9 Å². The van der Waals surface area contributed by atoms with Gasteiger partial charge < -0.3 is 9.80 Å². The largest absolute Gasteiger partial charge is 0.347 e. The first-order chi connectivity index (χ1) is 7.91. The van der Waals surface area contributed by atoms with Crippen LogP contribution >= 0.6 is 0 Å². The van der Waals surface area contributed by atoms with Crippen LogP contribution in [0.25, 0.3) is 0 Å². The SMILES string of the molecule is Cc1ccc(C(=O)N(C)CC(=O)N(C)C)cc1. The maximum Gasteiger partial charge on any atom is 0.254 e. The minimum absolute atomic E-state index is 0.0899. The zero-order valence-electron chi connectivity index (χ0n) is 10.7. The standard InChI is InChI=1S/C13H18N2O2/c1-10-5-7-11(8-6-10)13(17)15(4)9-12(16)14(2)3/h5-8H,9H2,1-4H3. The molecule has 0 heterocycles. The summed E-state index contributed by atoms with van der Waals surface area (Å²) in [5.41, 5.74) is 1.71. The van der Waals surface area contributed by atoms with Crippen molar-refractivity contribution in [3.05, 3.63) is 35.4 Å². The molecule has 0 aliphatic carbocycles. The van der Waals surface area contributed by atoms with Gasteiger partial charge in [-0.2, -0.15) is 0 Å². The third-order valence-corrected chi connectivity index (χ3v) is 2.52. The highest BCUT2D eigenvalue weighted by molar-refractivity contribution is 5.96. The fourth-order valence-corrected chi connectivity index (χ4v) is 1.33. The van der Waals surface area contributed by atoms with Crippen molar-refractivity contribution in [1.29, 1.82) is 0 Å². The van der Waals surface area contributed by atoms with Gasteiger partial charge in [-0.3, -0.25) is 9.59 Å². The molecular weight excluding hydrogens is 216 g/mol. The van der Waals surface area contributed by atoms with Gasteiger partial charge >= 0.3 is 0 Å². The molecule has 92 valence electrons. The molecule has 0 spiro atoms. The first kappa shape index (κ1) is 13.2. The van der Waals surface area contributed by atoms with E-state index in [9.17, 15) is 9.59 Å². The summed E-state index contributed by atoms with van der Waals surface area (Å²) < 4.78 is 0. The predicted octanol–water partition coefficient (Wildman–Crippen LogP) is 1.16. The average molecular weight is 234 g/mol. The first-order valence-corrected chi connectivity index (χ1v) is 5.44. The second-order valence-corrected chi connectivity index (χ2v) is 4.32. The Morgan fingerprint density at radius 3 is 2.06 bits per heavy atom. The third kappa shape index (κ3) is 3.59. The summed E-state index contributed by atoms with van der Waals surface area (Å²) in [4.78, 5) is 26.3. The molecule has 0 bridgehead atoms. The molecule has 17 heavy (non-hydrogen) atoms. The minimum atomic E-state index is -0.139. The van der Waals surface area contributed by atoms with Crippen molar-refractivity contribution in [1.82, 2.24) is 9.80 Å². The lowest BCUT2D eigenvalue weighted by Crippen LogP contribution is -2.37. The molecule has 0 radical (unpaired) electrons. The molecule has 4 nitrogen and oxygen atoms in total. The zero-order valence-corrected chi connectivity index (χ0v) is 10.7. The minimum Gasteiger partial charge on any atom is -0.347 e. The highest BCUT2D eigenvalue weighted by Gasteiger charge is 2.15. The van der Waals surface area contributed by atoms with Gasteiger partial charge in [-0.1, -0.05) is 17.7 Å². The lowest BCUT2D eigenvalue weighted by molar-refractivity contribution is -0.129. The van der Waals surface area contributed by atoms with Gasteiger partial charge in [0.15, 0.2) is 0 Å². The molecule has 0 saturated carbocycles. The van der Waals surface area contributed by atoms with Crippen molar-refractivity contribution in [2.45, 2.75) is 6.92 Å². The Bertz CT molecular complexity index is 410. The van der Waals surface area contributed by atoms with Crippen LogP contribution in [0.3, 0.4) is 0 Å². The molecule has 4 heteroatoms. The Morgan fingerprint density at radius 1 is 1.06 bits per heavy atom. The number of aryl methyl sites for hydroxylation is 1. The van der Waals surface area contributed by atoms with Crippen LogP contribution in [-0.4, -0.2) is 49.3 Å². The van der Waals surface area contributed by atoms with Gasteiger partial charge in [0, 0.05) is 26.7 Å². The quantitative estimate of drug-likeness (QED) is 0.787. The molecular formula is C13H18N2O2. The molecule has 2 amide bonds. The van der Waals surface area contributed by atoms with Crippen molar-refractivity contribution < 1.29 is 9.59 Å². The number of amides is 2. The van der Waals surface area contributed by atoms with E-state index in [4.69, 9.17) is 0 Å². The molecule has 0 aromatic heterocycles. The molecule has 0 aliphatic heterocycles. The van der Waals surface area contributed by atoms with Crippen LogP contribution in [0, 0.1) is 6.92 Å². The van der Waals surface area contributed by atoms with Crippen LogP contribution in [-0.2, 0) is 4.79 Å². The predicted molar refractivity (Wildman–Crippen MR) is 66.8 cm³/mol. The van der Waals surface area contributed by atoms with Crippen LogP contribution < -0.4 is 0 Å². The molecule has 0 atom stereocenters. The highest BCUT2D eigenvalue weighted by Crippen LogP contribution is 2.06. The Labute approximate surface area is 102 Å². The van der Waals surface area contributed by atoms with Gasteiger partial charge in [0.05, 0.1) is 6.54 Å². The lowest BCUT2D eigenvalue weighted by atomic mass is 10.1. The van der Waals surface area contributed by atoms with Gasteiger partial charge in [0.1, 0.15) is 0 Å².